The van der Waals surface area contributed by atoms with Gasteiger partial charge in [0, 0.05) is 35.9 Å². The van der Waals surface area contributed by atoms with Crippen LogP contribution in [0, 0.1) is 6.92 Å². The first-order valence-corrected chi connectivity index (χ1v) is 9.28. The maximum absolute atomic E-state index is 12.7. The number of hydrogen-bond acceptors (Lipinski definition) is 4. The van der Waals surface area contributed by atoms with E-state index in [1.807, 2.05) is 6.92 Å². The third kappa shape index (κ3) is 4.39. The molecule has 0 aliphatic carbocycles. The van der Waals surface area contributed by atoms with Gasteiger partial charge < -0.3 is 15.0 Å². The normalized spacial score (nSPS) is 14.0. The number of nitrogens with one attached hydrogen (secondary N) is 1. The minimum absolute atomic E-state index is 0.135. The van der Waals surface area contributed by atoms with Gasteiger partial charge in [0.15, 0.2) is 0 Å². The summed E-state index contributed by atoms with van der Waals surface area (Å²) in [5.74, 6) is -0.00740. The average Bonchev–Trinajstić information content (AvgIpc) is 2.70. The number of hydrogen-bond donors (Lipinski definition) is 1. The standard InChI is InChI=1S/C20H22ClN3O3/c1-13-10-16(18(27-2)12-15(13)21)23-19(25)14-6-7-22-17(11-14)20(26)24-8-4-3-5-9-24/h6-7,10-12H,3-5,8-9H2,1-2H3,(H,23,25). The Morgan fingerprint density at radius 2 is 1.93 bits per heavy atom. The molecule has 2 amide bonds. The van der Waals surface area contributed by atoms with Crippen LogP contribution in [0.3, 0.4) is 0 Å². The van der Waals surface area contributed by atoms with Gasteiger partial charge in [-0.3, -0.25) is 14.6 Å². The lowest BCUT2D eigenvalue weighted by atomic mass is 10.1. The fourth-order valence-corrected chi connectivity index (χ4v) is 3.23. The number of likely N-dealkylation sites (tertiary alicyclic amines) is 1. The molecule has 1 aromatic heterocycles. The second kappa shape index (κ2) is 8.39. The van der Waals surface area contributed by atoms with Crippen molar-refractivity contribution in [3.8, 4) is 5.75 Å². The molecule has 0 radical (unpaired) electrons. The van der Waals surface area contributed by atoms with E-state index in [4.69, 9.17) is 16.3 Å². The molecule has 1 saturated heterocycles. The lowest BCUT2D eigenvalue weighted by molar-refractivity contribution is 0.0718. The van der Waals surface area contributed by atoms with Crippen molar-refractivity contribution in [3.05, 3.63) is 52.3 Å². The molecule has 1 fully saturated rings. The predicted molar refractivity (Wildman–Crippen MR) is 105 cm³/mol. The van der Waals surface area contributed by atoms with Crippen molar-refractivity contribution in [2.45, 2.75) is 26.2 Å². The molecule has 7 heteroatoms. The number of aryl methyl sites for hydroxylation is 1. The number of carbonyl (C=O) groups is 2. The molecule has 142 valence electrons. The van der Waals surface area contributed by atoms with Gasteiger partial charge in [-0.2, -0.15) is 0 Å². The van der Waals surface area contributed by atoms with Crippen LogP contribution >= 0.6 is 11.6 Å². The monoisotopic (exact) mass is 387 g/mol. The van der Waals surface area contributed by atoms with Gasteiger partial charge in [-0.15, -0.1) is 0 Å². The summed E-state index contributed by atoms with van der Waals surface area (Å²) in [5.41, 5.74) is 1.98. The third-order valence-electron chi connectivity index (χ3n) is 4.61. The molecule has 0 unspecified atom stereocenters. The third-order valence-corrected chi connectivity index (χ3v) is 5.02. The Morgan fingerprint density at radius 3 is 2.63 bits per heavy atom. The number of methoxy groups -OCH3 is 1. The van der Waals surface area contributed by atoms with Crippen LogP contribution in [-0.2, 0) is 0 Å². The summed E-state index contributed by atoms with van der Waals surface area (Å²) < 4.78 is 5.29. The molecular formula is C20H22ClN3O3. The number of nitrogens with zero attached hydrogens (tertiary/aromatic N) is 2. The Labute approximate surface area is 163 Å². The summed E-state index contributed by atoms with van der Waals surface area (Å²) in [4.78, 5) is 31.2. The van der Waals surface area contributed by atoms with Crippen molar-refractivity contribution in [2.75, 3.05) is 25.5 Å². The van der Waals surface area contributed by atoms with E-state index < -0.39 is 0 Å². The Kier molecular flexibility index (Phi) is 5.96. The highest BCUT2D eigenvalue weighted by atomic mass is 35.5. The van der Waals surface area contributed by atoms with Gasteiger partial charge in [-0.1, -0.05) is 11.6 Å². The highest BCUT2D eigenvalue weighted by molar-refractivity contribution is 6.31. The second-order valence-electron chi connectivity index (χ2n) is 6.54. The smallest absolute Gasteiger partial charge is 0.272 e. The van der Waals surface area contributed by atoms with Gasteiger partial charge in [0.2, 0.25) is 0 Å². The van der Waals surface area contributed by atoms with E-state index in [1.54, 1.807) is 23.1 Å². The van der Waals surface area contributed by atoms with Gasteiger partial charge in [0.1, 0.15) is 11.4 Å². The van der Waals surface area contributed by atoms with Gasteiger partial charge in [-0.25, -0.2) is 0 Å². The maximum atomic E-state index is 12.7. The minimum atomic E-state index is -0.342. The van der Waals surface area contributed by atoms with E-state index in [0.29, 0.717) is 22.0 Å². The number of carbonyl (C=O) groups excluding carboxylic acids is 2. The van der Waals surface area contributed by atoms with E-state index in [-0.39, 0.29) is 17.5 Å². The van der Waals surface area contributed by atoms with E-state index in [0.717, 1.165) is 37.9 Å². The molecule has 0 atom stereocenters. The largest absolute Gasteiger partial charge is 0.495 e. The summed E-state index contributed by atoms with van der Waals surface area (Å²) in [6, 6.07) is 6.52. The molecule has 1 aliphatic heterocycles. The Bertz CT molecular complexity index is 864. The molecule has 0 spiro atoms. The van der Waals surface area contributed by atoms with Crippen LogP contribution in [0.5, 0.6) is 5.75 Å². The lowest BCUT2D eigenvalue weighted by Gasteiger charge is -2.26. The van der Waals surface area contributed by atoms with Gasteiger partial charge in [0.25, 0.3) is 11.8 Å². The Hall–Kier alpha value is -2.60. The van der Waals surface area contributed by atoms with E-state index >= 15 is 0 Å². The number of rotatable bonds is 4. The molecule has 2 aromatic rings. The van der Waals surface area contributed by atoms with Crippen LogP contribution in [0.25, 0.3) is 0 Å². The minimum Gasteiger partial charge on any atom is -0.495 e. The van der Waals surface area contributed by atoms with Gasteiger partial charge in [0.05, 0.1) is 12.8 Å². The molecule has 3 rings (SSSR count). The zero-order valence-corrected chi connectivity index (χ0v) is 16.2. The zero-order valence-electron chi connectivity index (χ0n) is 15.4. The summed E-state index contributed by atoms with van der Waals surface area (Å²) in [6.45, 7) is 3.32. The molecule has 27 heavy (non-hydrogen) atoms. The molecule has 0 saturated carbocycles. The second-order valence-corrected chi connectivity index (χ2v) is 6.95. The number of benzene rings is 1. The number of halogens is 1. The molecule has 1 N–H and O–H groups in total. The molecule has 1 aromatic carbocycles. The van der Waals surface area contributed by atoms with Crippen molar-refractivity contribution >= 4 is 29.1 Å². The SMILES string of the molecule is COc1cc(Cl)c(C)cc1NC(=O)c1ccnc(C(=O)N2CCCCC2)c1. The molecular weight excluding hydrogens is 366 g/mol. The van der Waals surface area contributed by atoms with E-state index in [9.17, 15) is 9.59 Å². The molecule has 0 bridgehead atoms. The van der Waals surface area contributed by atoms with Crippen molar-refractivity contribution in [2.24, 2.45) is 0 Å². The number of anilines is 1. The van der Waals surface area contributed by atoms with Crippen molar-refractivity contribution in [1.82, 2.24) is 9.88 Å². The predicted octanol–water partition coefficient (Wildman–Crippen LogP) is 3.93. The number of aromatic nitrogens is 1. The van der Waals surface area contributed by atoms with Crippen LogP contribution < -0.4 is 10.1 Å². The van der Waals surface area contributed by atoms with Crippen LogP contribution in [0.2, 0.25) is 5.02 Å². The van der Waals surface area contributed by atoms with E-state index in [1.165, 1.54) is 19.4 Å². The molecule has 1 aliphatic rings. The lowest BCUT2D eigenvalue weighted by Crippen LogP contribution is -2.36. The Balaban J connectivity index is 1.80. The maximum Gasteiger partial charge on any atom is 0.272 e. The summed E-state index contributed by atoms with van der Waals surface area (Å²) >= 11 is 6.10. The first-order chi connectivity index (χ1) is 13.0. The van der Waals surface area contributed by atoms with Crippen LogP contribution in [0.15, 0.2) is 30.5 Å². The first kappa shape index (κ1) is 19.2. The quantitative estimate of drug-likeness (QED) is 0.862. The van der Waals surface area contributed by atoms with Crippen molar-refractivity contribution in [1.29, 1.82) is 0 Å². The fraction of sp³-hybridized carbons (Fsp3) is 0.350. The number of piperidine rings is 1. The summed E-state index contributed by atoms with van der Waals surface area (Å²) in [6.07, 6.45) is 4.63. The number of ether oxygens (including phenoxy) is 1. The summed E-state index contributed by atoms with van der Waals surface area (Å²) in [5, 5.41) is 3.37. The zero-order chi connectivity index (χ0) is 19.4. The molecule has 6 nitrogen and oxygen atoms in total. The van der Waals surface area contributed by atoms with Crippen LogP contribution in [0.1, 0.15) is 45.7 Å². The average molecular weight is 388 g/mol. The van der Waals surface area contributed by atoms with Crippen molar-refractivity contribution < 1.29 is 14.3 Å². The van der Waals surface area contributed by atoms with E-state index in [2.05, 4.69) is 10.3 Å². The summed E-state index contributed by atoms with van der Waals surface area (Å²) in [7, 11) is 1.51. The number of pyridine rings is 1. The van der Waals surface area contributed by atoms with Crippen LogP contribution in [-0.4, -0.2) is 41.9 Å². The number of amides is 2. The van der Waals surface area contributed by atoms with Crippen molar-refractivity contribution in [3.63, 3.8) is 0 Å². The molecule has 2 heterocycles. The van der Waals surface area contributed by atoms with Crippen LogP contribution in [0.4, 0.5) is 5.69 Å². The Morgan fingerprint density at radius 1 is 1.19 bits per heavy atom. The fourth-order valence-electron chi connectivity index (χ4n) is 3.07. The first-order valence-electron chi connectivity index (χ1n) is 8.90. The highest BCUT2D eigenvalue weighted by Crippen LogP contribution is 2.31. The highest BCUT2D eigenvalue weighted by Gasteiger charge is 2.20. The van der Waals surface area contributed by atoms with Gasteiger partial charge >= 0.3 is 0 Å². The topological polar surface area (TPSA) is 71.5 Å². The van der Waals surface area contributed by atoms with Gasteiger partial charge in [-0.05, 0) is 49.9 Å².